The van der Waals surface area contributed by atoms with Gasteiger partial charge < -0.3 is 10.1 Å². The third-order valence-corrected chi connectivity index (χ3v) is 3.65. The largest absolute Gasteiger partial charge is 0.493 e. The number of benzene rings is 1. The Balaban J connectivity index is 2.08. The van der Waals surface area contributed by atoms with Crippen LogP contribution in [0.3, 0.4) is 0 Å². The second kappa shape index (κ2) is 5.31. The minimum absolute atomic E-state index is 0.398. The van der Waals surface area contributed by atoms with Crippen molar-refractivity contribution in [2.24, 2.45) is 5.41 Å². The van der Waals surface area contributed by atoms with Crippen LogP contribution in [0.4, 0.5) is 0 Å². The first-order valence-electron chi connectivity index (χ1n) is 6.92. The molecule has 1 aromatic carbocycles. The highest BCUT2D eigenvalue weighted by atomic mass is 16.5. The zero-order valence-corrected chi connectivity index (χ0v) is 12.0. The molecule has 0 bridgehead atoms. The van der Waals surface area contributed by atoms with E-state index < -0.39 is 0 Å². The van der Waals surface area contributed by atoms with E-state index in [1.165, 1.54) is 24.0 Å². The van der Waals surface area contributed by atoms with Crippen LogP contribution >= 0.6 is 0 Å². The number of rotatable bonds is 4. The molecule has 1 aliphatic rings. The third-order valence-electron chi connectivity index (χ3n) is 3.65. The highest BCUT2D eigenvalue weighted by Crippen LogP contribution is 2.31. The summed E-state index contributed by atoms with van der Waals surface area (Å²) >= 11 is 0. The predicted octanol–water partition coefficient (Wildman–Crippen LogP) is 3.71. The fraction of sp³-hybridized carbons (Fsp3) is 0.625. The van der Waals surface area contributed by atoms with Gasteiger partial charge in [0.25, 0.3) is 0 Å². The van der Waals surface area contributed by atoms with Crippen LogP contribution in [0.1, 0.15) is 50.8 Å². The summed E-state index contributed by atoms with van der Waals surface area (Å²) < 4.78 is 5.56. The number of hydrogen-bond donors (Lipinski definition) is 1. The molecular formula is C16H25NO. The van der Waals surface area contributed by atoms with E-state index in [4.69, 9.17) is 4.74 Å². The van der Waals surface area contributed by atoms with Crippen molar-refractivity contribution in [3.05, 3.63) is 29.3 Å². The molecule has 1 unspecified atom stereocenters. The molecule has 1 atom stereocenters. The normalized spacial score (nSPS) is 16.2. The van der Waals surface area contributed by atoms with Gasteiger partial charge in [0.05, 0.1) is 6.61 Å². The summed E-state index contributed by atoms with van der Waals surface area (Å²) in [5, 5.41) is 3.44. The molecule has 2 nitrogen and oxygen atoms in total. The maximum absolute atomic E-state index is 5.56. The molecule has 0 amide bonds. The van der Waals surface area contributed by atoms with Crippen molar-refractivity contribution >= 4 is 0 Å². The Hall–Kier alpha value is -1.02. The molecule has 1 aromatic rings. The molecule has 0 fully saturated rings. The quantitative estimate of drug-likeness (QED) is 0.875. The maximum Gasteiger partial charge on any atom is 0.122 e. The van der Waals surface area contributed by atoms with Gasteiger partial charge in [0.2, 0.25) is 0 Å². The molecule has 0 saturated carbocycles. The van der Waals surface area contributed by atoms with Gasteiger partial charge in [-0.3, -0.25) is 0 Å². The third kappa shape index (κ3) is 3.26. The Bertz CT molecular complexity index is 406. The molecule has 1 N–H and O–H groups in total. The van der Waals surface area contributed by atoms with Gasteiger partial charge in [0.15, 0.2) is 0 Å². The Morgan fingerprint density at radius 1 is 1.33 bits per heavy atom. The first kappa shape index (κ1) is 13.4. The van der Waals surface area contributed by atoms with Crippen LogP contribution in [0.2, 0.25) is 0 Å². The van der Waals surface area contributed by atoms with E-state index in [1.54, 1.807) is 0 Å². The van der Waals surface area contributed by atoms with Crippen LogP contribution in [-0.2, 0) is 6.42 Å². The van der Waals surface area contributed by atoms with Gasteiger partial charge in [-0.2, -0.15) is 0 Å². The Morgan fingerprint density at radius 3 is 2.78 bits per heavy atom. The number of ether oxygens (including phenoxy) is 1. The van der Waals surface area contributed by atoms with E-state index in [-0.39, 0.29) is 0 Å². The van der Waals surface area contributed by atoms with Gasteiger partial charge in [0.1, 0.15) is 5.75 Å². The van der Waals surface area contributed by atoms with Crippen LogP contribution in [0, 0.1) is 5.41 Å². The first-order chi connectivity index (χ1) is 8.49. The van der Waals surface area contributed by atoms with E-state index in [9.17, 15) is 0 Å². The lowest BCUT2D eigenvalue weighted by Crippen LogP contribution is -2.19. The van der Waals surface area contributed by atoms with E-state index in [0.29, 0.717) is 11.5 Å². The summed E-state index contributed by atoms with van der Waals surface area (Å²) in [6.07, 6.45) is 3.46. The second-order valence-electron chi connectivity index (χ2n) is 6.41. The lowest BCUT2D eigenvalue weighted by atomic mass is 9.87. The molecule has 2 heteroatoms. The molecule has 2 rings (SSSR count). The van der Waals surface area contributed by atoms with Crippen molar-refractivity contribution in [2.45, 2.75) is 46.1 Å². The molecule has 0 radical (unpaired) electrons. The van der Waals surface area contributed by atoms with E-state index >= 15 is 0 Å². The van der Waals surface area contributed by atoms with Crippen molar-refractivity contribution in [3.63, 3.8) is 0 Å². The fourth-order valence-electron chi connectivity index (χ4n) is 2.48. The van der Waals surface area contributed by atoms with Crippen molar-refractivity contribution in [2.75, 3.05) is 13.7 Å². The average Bonchev–Trinajstić information content (AvgIpc) is 2.75. The van der Waals surface area contributed by atoms with Crippen LogP contribution < -0.4 is 10.1 Å². The van der Waals surface area contributed by atoms with Crippen molar-refractivity contribution in [1.82, 2.24) is 5.32 Å². The summed E-state index contributed by atoms with van der Waals surface area (Å²) in [5.74, 6) is 1.07. The Labute approximate surface area is 111 Å². The van der Waals surface area contributed by atoms with Crippen LogP contribution in [-0.4, -0.2) is 13.7 Å². The van der Waals surface area contributed by atoms with Crippen molar-refractivity contribution in [3.8, 4) is 5.75 Å². The molecule has 0 spiro atoms. The van der Waals surface area contributed by atoms with Gasteiger partial charge in [-0.15, -0.1) is 0 Å². The smallest absolute Gasteiger partial charge is 0.122 e. The molecular weight excluding hydrogens is 222 g/mol. The zero-order valence-electron chi connectivity index (χ0n) is 12.0. The number of fused-ring (bicyclic) bond motifs is 1. The molecule has 18 heavy (non-hydrogen) atoms. The van der Waals surface area contributed by atoms with Crippen molar-refractivity contribution < 1.29 is 4.74 Å². The number of nitrogens with one attached hydrogen (secondary N) is 1. The van der Waals surface area contributed by atoms with Gasteiger partial charge in [-0.05, 0) is 42.5 Å². The summed E-state index contributed by atoms with van der Waals surface area (Å²) in [7, 11) is 2.05. The molecule has 1 heterocycles. The lowest BCUT2D eigenvalue weighted by Gasteiger charge is -2.23. The molecule has 0 saturated heterocycles. The SMILES string of the molecule is CNC(CCC(C)(C)C)c1ccc2c(c1)CCO2. The minimum atomic E-state index is 0.398. The number of hydrogen-bond acceptors (Lipinski definition) is 2. The van der Waals surface area contributed by atoms with Crippen molar-refractivity contribution in [1.29, 1.82) is 0 Å². The summed E-state index contributed by atoms with van der Waals surface area (Å²) in [5.41, 5.74) is 3.16. The lowest BCUT2D eigenvalue weighted by molar-refractivity contribution is 0.338. The topological polar surface area (TPSA) is 21.3 Å². The highest BCUT2D eigenvalue weighted by Gasteiger charge is 2.18. The molecule has 1 aliphatic heterocycles. The van der Waals surface area contributed by atoms with Gasteiger partial charge in [-0.25, -0.2) is 0 Å². The van der Waals surface area contributed by atoms with Gasteiger partial charge in [0, 0.05) is 12.5 Å². The Kier molecular flexibility index (Phi) is 3.96. The minimum Gasteiger partial charge on any atom is -0.493 e. The first-order valence-corrected chi connectivity index (χ1v) is 6.92. The van der Waals surface area contributed by atoms with E-state index in [1.807, 2.05) is 0 Å². The summed E-state index contributed by atoms with van der Waals surface area (Å²) in [6.45, 7) is 7.74. The zero-order chi connectivity index (χ0) is 13.2. The standard InChI is InChI=1S/C16H25NO/c1-16(2,3)9-7-14(17-4)12-5-6-15-13(11-12)8-10-18-15/h5-6,11,14,17H,7-10H2,1-4H3. The molecule has 0 aromatic heterocycles. The second-order valence-corrected chi connectivity index (χ2v) is 6.41. The van der Waals surface area contributed by atoms with E-state index in [0.717, 1.165) is 18.8 Å². The molecule has 0 aliphatic carbocycles. The van der Waals surface area contributed by atoms with Gasteiger partial charge >= 0.3 is 0 Å². The molecule has 100 valence electrons. The van der Waals surface area contributed by atoms with Gasteiger partial charge in [-0.1, -0.05) is 32.9 Å². The van der Waals surface area contributed by atoms with Crippen LogP contribution in [0.25, 0.3) is 0 Å². The maximum atomic E-state index is 5.56. The summed E-state index contributed by atoms with van der Waals surface area (Å²) in [6, 6.07) is 7.09. The highest BCUT2D eigenvalue weighted by molar-refractivity contribution is 5.40. The Morgan fingerprint density at radius 2 is 2.11 bits per heavy atom. The van der Waals surface area contributed by atoms with Crippen LogP contribution in [0.15, 0.2) is 18.2 Å². The van der Waals surface area contributed by atoms with Crippen LogP contribution in [0.5, 0.6) is 5.75 Å². The monoisotopic (exact) mass is 247 g/mol. The average molecular weight is 247 g/mol. The predicted molar refractivity (Wildman–Crippen MR) is 76.1 cm³/mol. The fourth-order valence-corrected chi connectivity index (χ4v) is 2.48. The van der Waals surface area contributed by atoms with E-state index in [2.05, 4.69) is 51.3 Å². The summed E-state index contributed by atoms with van der Waals surface area (Å²) in [4.78, 5) is 0.